The van der Waals surface area contributed by atoms with E-state index in [4.69, 9.17) is 27.9 Å². The molecule has 3 rings (SSSR count). The zero-order valence-electron chi connectivity index (χ0n) is 13.4. The molecule has 2 aromatic rings. The molecule has 0 spiro atoms. The van der Waals surface area contributed by atoms with E-state index in [0.29, 0.717) is 24.7 Å². The summed E-state index contributed by atoms with van der Waals surface area (Å²) >= 11 is 12.4. The highest BCUT2D eigenvalue weighted by Crippen LogP contribution is 2.35. The molecule has 0 fully saturated rings. The van der Waals surface area contributed by atoms with Crippen molar-refractivity contribution in [2.45, 2.75) is 11.8 Å². The lowest BCUT2D eigenvalue weighted by molar-refractivity contribution is 0.340. The summed E-state index contributed by atoms with van der Waals surface area (Å²) in [6.45, 7) is 2.86. The highest BCUT2D eigenvalue weighted by molar-refractivity contribution is 7.89. The monoisotopic (exact) mass is 398 g/mol. The predicted molar refractivity (Wildman–Crippen MR) is 99.4 cm³/mol. The minimum absolute atomic E-state index is 0.0619. The standard InChI is InChI=1S/C17H16Cl2N2O3S/c1-2-24-15-10-14(19)16(11-13(15)18)25(22,23)21-9-8-20-17(21)12-6-4-3-5-7-12/h3-7,10-11H,2,8-9H2,1H3. The number of hydrogen-bond donors (Lipinski definition) is 0. The molecular weight excluding hydrogens is 383 g/mol. The van der Waals surface area contributed by atoms with Crippen LogP contribution in [0.5, 0.6) is 5.75 Å². The normalized spacial score (nSPS) is 14.5. The van der Waals surface area contributed by atoms with E-state index in [9.17, 15) is 8.42 Å². The molecule has 25 heavy (non-hydrogen) atoms. The van der Waals surface area contributed by atoms with Gasteiger partial charge in [-0.15, -0.1) is 0 Å². The summed E-state index contributed by atoms with van der Waals surface area (Å²) in [6.07, 6.45) is 0. The topological polar surface area (TPSA) is 59.0 Å². The number of amidine groups is 1. The van der Waals surface area contributed by atoms with E-state index >= 15 is 0 Å². The van der Waals surface area contributed by atoms with Gasteiger partial charge in [0, 0.05) is 11.6 Å². The first-order chi connectivity index (χ1) is 11.9. The molecule has 8 heteroatoms. The summed E-state index contributed by atoms with van der Waals surface area (Å²) in [6, 6.07) is 11.9. The highest BCUT2D eigenvalue weighted by Gasteiger charge is 2.33. The van der Waals surface area contributed by atoms with Gasteiger partial charge in [0.25, 0.3) is 10.0 Å². The van der Waals surface area contributed by atoms with Crippen LogP contribution in [0.15, 0.2) is 52.4 Å². The van der Waals surface area contributed by atoms with Gasteiger partial charge < -0.3 is 4.74 Å². The van der Waals surface area contributed by atoms with Crippen molar-refractivity contribution in [1.82, 2.24) is 4.31 Å². The van der Waals surface area contributed by atoms with Crippen molar-refractivity contribution in [2.75, 3.05) is 19.7 Å². The van der Waals surface area contributed by atoms with Crippen LogP contribution in [0.1, 0.15) is 12.5 Å². The maximum atomic E-state index is 13.1. The molecule has 1 aliphatic rings. The van der Waals surface area contributed by atoms with Crippen molar-refractivity contribution in [3.8, 4) is 5.75 Å². The SMILES string of the molecule is CCOc1cc(Cl)c(S(=O)(=O)N2CCN=C2c2ccccc2)cc1Cl. The molecular formula is C17H16Cl2N2O3S. The van der Waals surface area contributed by atoms with Crippen LogP contribution in [0.25, 0.3) is 0 Å². The van der Waals surface area contributed by atoms with Crippen LogP contribution in [0.4, 0.5) is 0 Å². The van der Waals surface area contributed by atoms with Crippen LogP contribution < -0.4 is 4.74 Å². The Balaban J connectivity index is 2.02. The molecule has 1 aliphatic heterocycles. The molecule has 0 amide bonds. The Bertz CT molecular complexity index is 915. The molecule has 0 N–H and O–H groups in total. The van der Waals surface area contributed by atoms with Gasteiger partial charge in [0.05, 0.1) is 29.7 Å². The lowest BCUT2D eigenvalue weighted by Crippen LogP contribution is -2.35. The number of nitrogens with zero attached hydrogens (tertiary/aromatic N) is 2. The number of hydrogen-bond acceptors (Lipinski definition) is 4. The zero-order valence-corrected chi connectivity index (χ0v) is 15.8. The predicted octanol–water partition coefficient (Wildman–Crippen LogP) is 3.84. The van der Waals surface area contributed by atoms with Crippen molar-refractivity contribution in [3.63, 3.8) is 0 Å². The summed E-state index contributed by atoms with van der Waals surface area (Å²) in [5.74, 6) is 0.758. The van der Waals surface area contributed by atoms with E-state index in [1.54, 1.807) is 0 Å². The third-order valence-electron chi connectivity index (χ3n) is 3.69. The maximum absolute atomic E-state index is 13.1. The second-order valence-electron chi connectivity index (χ2n) is 5.29. The number of halogens is 2. The number of ether oxygens (including phenoxy) is 1. The number of rotatable bonds is 5. The number of sulfonamides is 1. The first kappa shape index (κ1) is 18.0. The summed E-state index contributed by atoms with van der Waals surface area (Å²) in [7, 11) is -3.89. The van der Waals surface area contributed by atoms with E-state index in [1.165, 1.54) is 16.4 Å². The minimum Gasteiger partial charge on any atom is -0.492 e. The molecule has 1 heterocycles. The average molecular weight is 399 g/mol. The summed E-state index contributed by atoms with van der Waals surface area (Å²) in [4.78, 5) is 4.28. The Kier molecular flexibility index (Phi) is 5.22. The van der Waals surface area contributed by atoms with Gasteiger partial charge in [0.1, 0.15) is 16.5 Å². The number of benzene rings is 2. The van der Waals surface area contributed by atoms with E-state index in [1.807, 2.05) is 37.3 Å². The minimum atomic E-state index is -3.89. The van der Waals surface area contributed by atoms with Crippen LogP contribution in [0.3, 0.4) is 0 Å². The molecule has 0 aliphatic carbocycles. The zero-order chi connectivity index (χ0) is 18.0. The molecule has 0 aromatic heterocycles. The van der Waals surface area contributed by atoms with Gasteiger partial charge in [0.15, 0.2) is 0 Å². The Labute approximate surface area is 156 Å². The molecule has 0 saturated heterocycles. The van der Waals surface area contributed by atoms with Crippen LogP contribution in [-0.4, -0.2) is 38.3 Å². The first-order valence-electron chi connectivity index (χ1n) is 7.69. The third kappa shape index (κ3) is 3.47. The second kappa shape index (κ2) is 7.23. The molecule has 5 nitrogen and oxygen atoms in total. The van der Waals surface area contributed by atoms with Gasteiger partial charge in [0.2, 0.25) is 0 Å². The third-order valence-corrected chi connectivity index (χ3v) is 6.24. The molecule has 0 saturated carbocycles. The van der Waals surface area contributed by atoms with Gasteiger partial charge >= 0.3 is 0 Å². The van der Waals surface area contributed by atoms with Crippen molar-refractivity contribution < 1.29 is 13.2 Å². The lowest BCUT2D eigenvalue weighted by Gasteiger charge is -2.21. The molecule has 2 aromatic carbocycles. The van der Waals surface area contributed by atoms with Crippen molar-refractivity contribution in [2.24, 2.45) is 4.99 Å². The lowest BCUT2D eigenvalue weighted by atomic mass is 10.2. The van der Waals surface area contributed by atoms with Crippen LogP contribution >= 0.6 is 23.2 Å². The van der Waals surface area contributed by atoms with Gasteiger partial charge in [-0.25, -0.2) is 12.7 Å². The molecule has 0 bridgehead atoms. The fourth-order valence-corrected chi connectivity index (χ4v) is 4.83. The van der Waals surface area contributed by atoms with Crippen molar-refractivity contribution in [1.29, 1.82) is 0 Å². The largest absolute Gasteiger partial charge is 0.492 e. The summed E-state index contributed by atoms with van der Waals surface area (Å²) < 4.78 is 32.9. The van der Waals surface area contributed by atoms with E-state index in [0.717, 1.165) is 5.56 Å². The van der Waals surface area contributed by atoms with Crippen molar-refractivity contribution >= 4 is 39.1 Å². The Morgan fingerprint density at radius 2 is 1.88 bits per heavy atom. The second-order valence-corrected chi connectivity index (χ2v) is 7.94. The number of aliphatic imine (C=N–C) groups is 1. The highest BCUT2D eigenvalue weighted by atomic mass is 35.5. The van der Waals surface area contributed by atoms with Crippen LogP contribution in [0, 0.1) is 0 Å². The average Bonchev–Trinajstić information content (AvgIpc) is 3.09. The van der Waals surface area contributed by atoms with E-state index in [-0.39, 0.29) is 21.5 Å². The Morgan fingerprint density at radius 3 is 2.56 bits per heavy atom. The molecule has 0 radical (unpaired) electrons. The van der Waals surface area contributed by atoms with E-state index < -0.39 is 10.0 Å². The fraction of sp³-hybridized carbons (Fsp3) is 0.235. The molecule has 0 unspecified atom stereocenters. The summed E-state index contributed by atoms with van der Waals surface area (Å²) in [5, 5.41) is 0.259. The van der Waals surface area contributed by atoms with E-state index in [2.05, 4.69) is 4.99 Å². The van der Waals surface area contributed by atoms with Gasteiger partial charge in [-0.05, 0) is 13.0 Å². The Hall–Kier alpha value is -1.76. The van der Waals surface area contributed by atoms with Crippen molar-refractivity contribution in [3.05, 3.63) is 58.1 Å². The quantitative estimate of drug-likeness (QED) is 0.768. The van der Waals surface area contributed by atoms with Gasteiger partial charge in [-0.3, -0.25) is 4.99 Å². The molecule has 0 atom stereocenters. The van der Waals surface area contributed by atoms with Crippen LogP contribution in [0.2, 0.25) is 10.0 Å². The van der Waals surface area contributed by atoms with Gasteiger partial charge in [-0.1, -0.05) is 53.5 Å². The fourth-order valence-electron chi connectivity index (χ4n) is 2.58. The maximum Gasteiger partial charge on any atom is 0.267 e. The summed E-state index contributed by atoms with van der Waals surface area (Å²) in [5.41, 5.74) is 0.733. The smallest absolute Gasteiger partial charge is 0.267 e. The molecule has 132 valence electrons. The van der Waals surface area contributed by atoms with Crippen LogP contribution in [-0.2, 0) is 10.0 Å². The Morgan fingerprint density at radius 1 is 1.16 bits per heavy atom. The van der Waals surface area contributed by atoms with Gasteiger partial charge in [-0.2, -0.15) is 0 Å². The first-order valence-corrected chi connectivity index (χ1v) is 9.89.